The van der Waals surface area contributed by atoms with E-state index in [1.165, 1.54) is 0 Å². The fourth-order valence-electron chi connectivity index (χ4n) is 1.24. The van der Waals surface area contributed by atoms with Crippen LogP contribution in [0.2, 0.25) is 0 Å². The van der Waals surface area contributed by atoms with Crippen LogP contribution < -0.4 is 5.73 Å². The summed E-state index contributed by atoms with van der Waals surface area (Å²) in [6.07, 6.45) is -0.520. The van der Waals surface area contributed by atoms with E-state index in [0.717, 1.165) is 15.6 Å². The molecular weight excluding hydrogens is 230 g/mol. The van der Waals surface area contributed by atoms with Crippen LogP contribution >= 0.6 is 15.9 Å². The van der Waals surface area contributed by atoms with Gasteiger partial charge in [0.15, 0.2) is 0 Å². The first-order valence-corrected chi connectivity index (χ1v) is 5.00. The van der Waals surface area contributed by atoms with E-state index in [-0.39, 0.29) is 6.04 Å². The van der Waals surface area contributed by atoms with Crippen molar-refractivity contribution in [3.63, 3.8) is 0 Å². The van der Waals surface area contributed by atoms with Gasteiger partial charge in [0.05, 0.1) is 12.1 Å². The molecule has 0 aliphatic carbocycles. The number of hydrogen-bond donors (Lipinski definition) is 2. The molecule has 0 saturated heterocycles. The van der Waals surface area contributed by atoms with E-state index in [0.29, 0.717) is 0 Å². The summed E-state index contributed by atoms with van der Waals surface area (Å²) in [4.78, 5) is 0. The van der Waals surface area contributed by atoms with E-state index in [1.54, 1.807) is 6.92 Å². The van der Waals surface area contributed by atoms with Crippen LogP contribution in [0.5, 0.6) is 0 Å². The molecule has 3 N–H and O–H groups in total. The Bertz CT molecular complexity index is 279. The van der Waals surface area contributed by atoms with Crippen molar-refractivity contribution in [2.24, 2.45) is 5.73 Å². The third-order valence-corrected chi connectivity index (χ3v) is 2.43. The Hall–Kier alpha value is -0.380. The third-order valence-electron chi connectivity index (χ3n) is 1.97. The van der Waals surface area contributed by atoms with Crippen molar-refractivity contribution in [1.29, 1.82) is 0 Å². The predicted octanol–water partition coefficient (Wildman–Crippen LogP) is 2.14. The van der Waals surface area contributed by atoms with Crippen molar-refractivity contribution in [3.8, 4) is 0 Å². The summed E-state index contributed by atoms with van der Waals surface area (Å²) in [5.41, 5.74) is 7.90. The highest BCUT2D eigenvalue weighted by atomic mass is 79.9. The molecule has 0 bridgehead atoms. The van der Waals surface area contributed by atoms with Gasteiger partial charge < -0.3 is 10.8 Å². The Morgan fingerprint density at radius 3 is 2.46 bits per heavy atom. The molecule has 0 fully saturated rings. The third kappa shape index (κ3) is 2.79. The number of aryl methyl sites for hydroxylation is 1. The summed E-state index contributed by atoms with van der Waals surface area (Å²) in [6, 6.07) is 5.63. The van der Waals surface area contributed by atoms with Crippen LogP contribution in [0.15, 0.2) is 22.7 Å². The smallest absolute Gasteiger partial charge is 0.0704 e. The maximum Gasteiger partial charge on any atom is 0.0704 e. The first-order chi connectivity index (χ1) is 6.00. The van der Waals surface area contributed by atoms with Gasteiger partial charge in [-0.2, -0.15) is 0 Å². The number of aliphatic hydroxyl groups excluding tert-OH is 1. The van der Waals surface area contributed by atoms with Gasteiger partial charge in [-0.25, -0.2) is 0 Å². The molecule has 72 valence electrons. The van der Waals surface area contributed by atoms with Gasteiger partial charge in [0.2, 0.25) is 0 Å². The lowest BCUT2D eigenvalue weighted by Crippen LogP contribution is -2.23. The molecule has 2 nitrogen and oxygen atoms in total. The van der Waals surface area contributed by atoms with Crippen LogP contribution in [0, 0.1) is 6.92 Å². The minimum absolute atomic E-state index is 0.309. The van der Waals surface area contributed by atoms with Crippen LogP contribution in [-0.2, 0) is 0 Å². The molecule has 1 unspecified atom stereocenters. The number of aliphatic hydroxyl groups is 1. The quantitative estimate of drug-likeness (QED) is 0.837. The predicted molar refractivity (Wildman–Crippen MR) is 57.5 cm³/mol. The van der Waals surface area contributed by atoms with Crippen LogP contribution in [0.1, 0.15) is 24.1 Å². The zero-order valence-electron chi connectivity index (χ0n) is 7.79. The molecular formula is C10H14BrNO. The molecule has 0 saturated carbocycles. The monoisotopic (exact) mass is 243 g/mol. The van der Waals surface area contributed by atoms with Crippen LogP contribution in [0.25, 0.3) is 0 Å². The number of nitrogens with two attached hydrogens (primary N) is 1. The molecule has 0 aliphatic heterocycles. The van der Waals surface area contributed by atoms with E-state index in [1.807, 2.05) is 25.1 Å². The zero-order valence-corrected chi connectivity index (χ0v) is 9.38. The summed E-state index contributed by atoms with van der Waals surface area (Å²) < 4.78 is 0.999. The van der Waals surface area contributed by atoms with Gasteiger partial charge in [-0.15, -0.1) is 0 Å². The summed E-state index contributed by atoms with van der Waals surface area (Å²) in [7, 11) is 0. The average molecular weight is 244 g/mol. The minimum Gasteiger partial charge on any atom is -0.391 e. The van der Waals surface area contributed by atoms with Gasteiger partial charge in [0, 0.05) is 4.47 Å². The highest BCUT2D eigenvalue weighted by Crippen LogP contribution is 2.21. The molecule has 0 amide bonds. The Morgan fingerprint density at radius 1 is 1.38 bits per heavy atom. The highest BCUT2D eigenvalue weighted by molar-refractivity contribution is 9.10. The minimum atomic E-state index is -0.520. The van der Waals surface area contributed by atoms with Crippen LogP contribution in [0.3, 0.4) is 0 Å². The molecule has 0 aromatic heterocycles. The maximum absolute atomic E-state index is 9.32. The molecule has 1 aromatic carbocycles. The second-order valence-electron chi connectivity index (χ2n) is 3.33. The standard InChI is InChI=1S/C10H14BrNO/c1-6-3-8(5-9(11)4-6)10(12)7(2)13/h3-5,7,10,13H,12H2,1-2H3/t7?,10-/m1/s1. The number of rotatable bonds is 2. The molecule has 0 aliphatic rings. The summed E-state index contributed by atoms with van der Waals surface area (Å²) >= 11 is 3.39. The van der Waals surface area contributed by atoms with Crippen LogP contribution in [-0.4, -0.2) is 11.2 Å². The Balaban J connectivity index is 3.01. The van der Waals surface area contributed by atoms with Crippen molar-refractivity contribution in [2.45, 2.75) is 26.0 Å². The van der Waals surface area contributed by atoms with Gasteiger partial charge in [-0.05, 0) is 37.1 Å². The van der Waals surface area contributed by atoms with E-state index < -0.39 is 6.10 Å². The van der Waals surface area contributed by atoms with Gasteiger partial charge in [0.1, 0.15) is 0 Å². The first-order valence-electron chi connectivity index (χ1n) is 4.21. The Morgan fingerprint density at radius 2 is 2.00 bits per heavy atom. The summed E-state index contributed by atoms with van der Waals surface area (Å²) in [6.45, 7) is 3.70. The first kappa shape index (κ1) is 10.7. The Labute approximate surface area is 86.9 Å². The second kappa shape index (κ2) is 4.22. The van der Waals surface area contributed by atoms with E-state index in [9.17, 15) is 5.11 Å². The van der Waals surface area contributed by atoms with E-state index in [4.69, 9.17) is 5.73 Å². The number of benzene rings is 1. The van der Waals surface area contributed by atoms with Crippen molar-refractivity contribution in [1.82, 2.24) is 0 Å². The molecule has 1 rings (SSSR count). The Kier molecular flexibility index (Phi) is 3.47. The second-order valence-corrected chi connectivity index (χ2v) is 4.24. The van der Waals surface area contributed by atoms with Gasteiger partial charge in [-0.1, -0.05) is 22.0 Å². The lowest BCUT2D eigenvalue weighted by Gasteiger charge is -2.15. The van der Waals surface area contributed by atoms with Crippen molar-refractivity contribution in [2.75, 3.05) is 0 Å². The van der Waals surface area contributed by atoms with Gasteiger partial charge in [-0.3, -0.25) is 0 Å². The summed E-state index contributed by atoms with van der Waals surface area (Å²) in [5, 5.41) is 9.32. The molecule has 3 heteroatoms. The van der Waals surface area contributed by atoms with Crippen molar-refractivity contribution in [3.05, 3.63) is 33.8 Å². The highest BCUT2D eigenvalue weighted by Gasteiger charge is 2.12. The molecule has 13 heavy (non-hydrogen) atoms. The van der Waals surface area contributed by atoms with Gasteiger partial charge in [0.25, 0.3) is 0 Å². The topological polar surface area (TPSA) is 46.2 Å². The van der Waals surface area contributed by atoms with Crippen LogP contribution in [0.4, 0.5) is 0 Å². The van der Waals surface area contributed by atoms with Gasteiger partial charge >= 0.3 is 0 Å². The SMILES string of the molecule is Cc1cc(Br)cc([C@H](N)C(C)O)c1. The molecule has 1 aromatic rings. The average Bonchev–Trinajstić information content (AvgIpc) is 2.01. The van der Waals surface area contributed by atoms with Crippen molar-refractivity contribution < 1.29 is 5.11 Å². The lowest BCUT2D eigenvalue weighted by molar-refractivity contribution is 0.164. The fraction of sp³-hybridized carbons (Fsp3) is 0.400. The van der Waals surface area contributed by atoms with E-state index >= 15 is 0 Å². The van der Waals surface area contributed by atoms with E-state index in [2.05, 4.69) is 15.9 Å². The molecule has 0 spiro atoms. The zero-order chi connectivity index (χ0) is 10.0. The summed E-state index contributed by atoms with van der Waals surface area (Å²) in [5.74, 6) is 0. The normalized spacial score (nSPS) is 15.5. The fourth-order valence-corrected chi connectivity index (χ4v) is 1.86. The lowest BCUT2D eigenvalue weighted by atomic mass is 10.0. The molecule has 2 atom stereocenters. The largest absolute Gasteiger partial charge is 0.391 e. The number of hydrogen-bond acceptors (Lipinski definition) is 2. The molecule has 0 heterocycles. The van der Waals surface area contributed by atoms with Crippen molar-refractivity contribution >= 4 is 15.9 Å². The number of halogens is 1. The maximum atomic E-state index is 9.32. The molecule has 0 radical (unpaired) electrons.